The Morgan fingerprint density at radius 3 is 2.40 bits per heavy atom. The first-order valence-corrected chi connectivity index (χ1v) is 5.67. The Kier molecular flexibility index (Phi) is 2.64. The second-order valence-electron chi connectivity index (χ2n) is 4.17. The van der Waals surface area contributed by atoms with E-state index in [1.54, 1.807) is 0 Å². The molecule has 1 aliphatic rings. The Balaban J connectivity index is 2.58. The van der Waals surface area contributed by atoms with E-state index in [0.29, 0.717) is 13.2 Å². The van der Waals surface area contributed by atoms with Crippen molar-refractivity contribution in [3.8, 4) is 11.5 Å². The van der Waals surface area contributed by atoms with Gasteiger partial charge in [0.15, 0.2) is 11.5 Å². The molecule has 1 heterocycles. The Labute approximate surface area is 97.7 Å². The zero-order valence-corrected chi connectivity index (χ0v) is 10.4. The van der Waals surface area contributed by atoms with E-state index < -0.39 is 5.54 Å². The first-order chi connectivity index (χ1) is 7.00. The molecular formula is C11H14BrNO2. The van der Waals surface area contributed by atoms with E-state index in [1.807, 2.05) is 26.0 Å². The van der Waals surface area contributed by atoms with Gasteiger partial charge < -0.3 is 15.2 Å². The van der Waals surface area contributed by atoms with Crippen LogP contribution in [0, 0.1) is 0 Å². The van der Waals surface area contributed by atoms with Gasteiger partial charge in [-0.2, -0.15) is 0 Å². The smallest absolute Gasteiger partial charge is 0.175 e. The fraction of sp³-hybridized carbons (Fsp3) is 0.455. The van der Waals surface area contributed by atoms with Crippen molar-refractivity contribution in [3.05, 3.63) is 22.2 Å². The molecule has 82 valence electrons. The molecule has 0 saturated heterocycles. The van der Waals surface area contributed by atoms with Gasteiger partial charge in [0.05, 0.1) is 4.47 Å². The molecule has 1 aliphatic heterocycles. The monoisotopic (exact) mass is 271 g/mol. The molecule has 0 spiro atoms. The molecule has 0 saturated carbocycles. The second kappa shape index (κ2) is 3.68. The van der Waals surface area contributed by atoms with Gasteiger partial charge in [-0.25, -0.2) is 0 Å². The Morgan fingerprint density at radius 2 is 1.80 bits per heavy atom. The minimum atomic E-state index is -0.425. The normalized spacial score (nSPS) is 15.2. The van der Waals surface area contributed by atoms with Crippen molar-refractivity contribution in [2.24, 2.45) is 5.73 Å². The third-order valence-corrected chi connectivity index (χ3v) is 2.96. The third kappa shape index (κ3) is 1.96. The van der Waals surface area contributed by atoms with Crippen LogP contribution in [-0.2, 0) is 5.54 Å². The van der Waals surface area contributed by atoms with Gasteiger partial charge in [-0.05, 0) is 35.8 Å². The molecule has 4 heteroatoms. The van der Waals surface area contributed by atoms with E-state index in [4.69, 9.17) is 15.2 Å². The number of ether oxygens (including phenoxy) is 2. The maximum Gasteiger partial charge on any atom is 0.175 e. The summed E-state index contributed by atoms with van der Waals surface area (Å²) >= 11 is 3.44. The third-order valence-electron chi connectivity index (χ3n) is 2.33. The molecule has 0 bridgehead atoms. The molecule has 1 aromatic carbocycles. The molecule has 15 heavy (non-hydrogen) atoms. The molecule has 0 aliphatic carbocycles. The van der Waals surface area contributed by atoms with Gasteiger partial charge >= 0.3 is 0 Å². The van der Waals surface area contributed by atoms with Crippen LogP contribution >= 0.6 is 15.9 Å². The van der Waals surface area contributed by atoms with E-state index in [2.05, 4.69) is 15.9 Å². The SMILES string of the molecule is CC(C)(N)c1ccc(Br)c2c1OCCO2. The molecule has 0 fully saturated rings. The number of rotatable bonds is 1. The van der Waals surface area contributed by atoms with Crippen molar-refractivity contribution in [1.82, 2.24) is 0 Å². The highest BCUT2D eigenvalue weighted by Gasteiger charge is 2.26. The van der Waals surface area contributed by atoms with Crippen molar-refractivity contribution in [1.29, 1.82) is 0 Å². The Hall–Kier alpha value is -0.740. The minimum absolute atomic E-state index is 0.425. The number of nitrogens with two attached hydrogens (primary N) is 1. The van der Waals surface area contributed by atoms with Crippen LogP contribution in [-0.4, -0.2) is 13.2 Å². The van der Waals surface area contributed by atoms with E-state index in [9.17, 15) is 0 Å². The second-order valence-corrected chi connectivity index (χ2v) is 5.03. The summed E-state index contributed by atoms with van der Waals surface area (Å²) in [4.78, 5) is 0. The van der Waals surface area contributed by atoms with Gasteiger partial charge in [-0.15, -0.1) is 0 Å². The van der Waals surface area contributed by atoms with Gasteiger partial charge in [0, 0.05) is 11.1 Å². The van der Waals surface area contributed by atoms with Crippen molar-refractivity contribution in [2.45, 2.75) is 19.4 Å². The predicted molar refractivity (Wildman–Crippen MR) is 62.3 cm³/mol. The molecule has 0 unspecified atom stereocenters. The van der Waals surface area contributed by atoms with Gasteiger partial charge in [0.1, 0.15) is 13.2 Å². The zero-order chi connectivity index (χ0) is 11.1. The first kappa shape index (κ1) is 10.8. The summed E-state index contributed by atoms with van der Waals surface area (Å²) in [6.07, 6.45) is 0. The lowest BCUT2D eigenvalue weighted by atomic mass is 9.94. The lowest BCUT2D eigenvalue weighted by Crippen LogP contribution is -2.30. The molecule has 3 nitrogen and oxygen atoms in total. The highest BCUT2D eigenvalue weighted by atomic mass is 79.9. The Morgan fingerprint density at radius 1 is 1.20 bits per heavy atom. The summed E-state index contributed by atoms with van der Waals surface area (Å²) in [7, 11) is 0. The standard InChI is InChI=1S/C11H14BrNO2/c1-11(2,13)7-3-4-8(12)10-9(7)14-5-6-15-10/h3-4H,5-6,13H2,1-2H3. The first-order valence-electron chi connectivity index (χ1n) is 4.87. The number of halogens is 1. The summed E-state index contributed by atoms with van der Waals surface area (Å²) in [5, 5.41) is 0. The molecule has 2 N–H and O–H groups in total. The van der Waals surface area contributed by atoms with Crippen molar-refractivity contribution in [2.75, 3.05) is 13.2 Å². The quantitative estimate of drug-likeness (QED) is 0.853. The highest BCUT2D eigenvalue weighted by molar-refractivity contribution is 9.10. The molecule has 0 radical (unpaired) electrons. The highest BCUT2D eigenvalue weighted by Crippen LogP contribution is 2.43. The van der Waals surface area contributed by atoms with Crippen LogP contribution in [0.3, 0.4) is 0 Å². The largest absolute Gasteiger partial charge is 0.486 e. The summed E-state index contributed by atoms with van der Waals surface area (Å²) in [6, 6.07) is 3.91. The summed E-state index contributed by atoms with van der Waals surface area (Å²) < 4.78 is 12.1. The number of fused-ring (bicyclic) bond motifs is 1. The van der Waals surface area contributed by atoms with Crippen molar-refractivity contribution >= 4 is 15.9 Å². The minimum Gasteiger partial charge on any atom is -0.486 e. The fourth-order valence-electron chi connectivity index (χ4n) is 1.61. The summed E-state index contributed by atoms with van der Waals surface area (Å²) in [5.74, 6) is 1.53. The molecular weight excluding hydrogens is 258 g/mol. The molecule has 0 atom stereocenters. The van der Waals surface area contributed by atoms with Gasteiger partial charge in [0.25, 0.3) is 0 Å². The number of hydrogen-bond acceptors (Lipinski definition) is 3. The van der Waals surface area contributed by atoms with Crippen LogP contribution in [0.2, 0.25) is 0 Å². The van der Waals surface area contributed by atoms with Gasteiger partial charge in [-0.1, -0.05) is 6.07 Å². The lowest BCUT2D eigenvalue weighted by molar-refractivity contribution is 0.166. The van der Waals surface area contributed by atoms with Crippen molar-refractivity contribution < 1.29 is 9.47 Å². The number of benzene rings is 1. The van der Waals surface area contributed by atoms with Gasteiger partial charge in [-0.3, -0.25) is 0 Å². The summed E-state index contributed by atoms with van der Waals surface area (Å²) in [5.41, 5.74) is 6.63. The van der Waals surface area contributed by atoms with Crippen LogP contribution < -0.4 is 15.2 Å². The maximum atomic E-state index is 6.08. The predicted octanol–water partition coefficient (Wildman–Crippen LogP) is 2.41. The van der Waals surface area contributed by atoms with Crippen LogP contribution in [0.1, 0.15) is 19.4 Å². The molecule has 0 amide bonds. The zero-order valence-electron chi connectivity index (χ0n) is 8.84. The fourth-order valence-corrected chi connectivity index (χ4v) is 2.04. The average Bonchev–Trinajstić information content (AvgIpc) is 2.17. The van der Waals surface area contributed by atoms with E-state index in [0.717, 1.165) is 21.5 Å². The van der Waals surface area contributed by atoms with Crippen LogP contribution in [0.4, 0.5) is 0 Å². The molecule has 2 rings (SSSR count). The van der Waals surface area contributed by atoms with Crippen LogP contribution in [0.25, 0.3) is 0 Å². The van der Waals surface area contributed by atoms with E-state index >= 15 is 0 Å². The Bertz CT molecular complexity index is 385. The van der Waals surface area contributed by atoms with E-state index in [-0.39, 0.29) is 0 Å². The van der Waals surface area contributed by atoms with E-state index in [1.165, 1.54) is 0 Å². The van der Waals surface area contributed by atoms with Crippen molar-refractivity contribution in [3.63, 3.8) is 0 Å². The number of hydrogen-bond donors (Lipinski definition) is 1. The maximum absolute atomic E-state index is 6.08. The van der Waals surface area contributed by atoms with Crippen LogP contribution in [0.15, 0.2) is 16.6 Å². The summed E-state index contributed by atoms with van der Waals surface area (Å²) in [6.45, 7) is 5.07. The average molecular weight is 272 g/mol. The lowest BCUT2D eigenvalue weighted by Gasteiger charge is -2.27. The molecule has 0 aromatic heterocycles. The molecule has 1 aromatic rings. The topological polar surface area (TPSA) is 44.5 Å². The van der Waals surface area contributed by atoms with Gasteiger partial charge in [0.2, 0.25) is 0 Å². The van der Waals surface area contributed by atoms with Crippen LogP contribution in [0.5, 0.6) is 11.5 Å².